The molecule has 128 valence electrons. The maximum atomic E-state index is 12.4. The number of likely N-dealkylation sites (N-methyl/N-ethyl adjacent to an activating group) is 1. The second kappa shape index (κ2) is 6.46. The monoisotopic (exact) mass is 332 g/mol. The molecule has 0 atom stereocenters. The molecule has 1 saturated carbocycles. The van der Waals surface area contributed by atoms with Gasteiger partial charge in [-0.25, -0.2) is 9.97 Å². The van der Waals surface area contributed by atoms with Crippen LogP contribution in [0.2, 0.25) is 0 Å². The average molecular weight is 332 g/mol. The third-order valence-corrected chi connectivity index (χ3v) is 4.40. The Kier molecular flexibility index (Phi) is 4.37. The average Bonchev–Trinajstić information content (AvgIpc) is 2.96. The number of hydrogen-bond donors (Lipinski definition) is 2. The number of aromatic hydroxyl groups is 1. The Balaban J connectivity index is 1.62. The first-order valence-electron chi connectivity index (χ1n) is 7.95. The summed E-state index contributed by atoms with van der Waals surface area (Å²) < 4.78 is 5.40. The van der Waals surface area contributed by atoms with Crippen molar-refractivity contribution < 1.29 is 14.3 Å². The van der Waals surface area contributed by atoms with Gasteiger partial charge >= 0.3 is 0 Å². The number of hydrogen-bond acceptors (Lipinski definition) is 6. The summed E-state index contributed by atoms with van der Waals surface area (Å²) in [6.45, 7) is 1.82. The summed E-state index contributed by atoms with van der Waals surface area (Å²) in [4.78, 5) is 36.2. The van der Waals surface area contributed by atoms with E-state index in [-0.39, 0.29) is 28.6 Å². The first-order chi connectivity index (χ1) is 11.5. The molecule has 0 unspecified atom stereocenters. The van der Waals surface area contributed by atoms with Gasteiger partial charge in [-0.1, -0.05) is 6.42 Å². The van der Waals surface area contributed by atoms with E-state index in [9.17, 15) is 14.7 Å². The van der Waals surface area contributed by atoms with Crippen molar-refractivity contribution in [3.63, 3.8) is 0 Å². The van der Waals surface area contributed by atoms with Gasteiger partial charge in [0, 0.05) is 25.9 Å². The zero-order valence-electron chi connectivity index (χ0n) is 13.7. The number of carbonyl (C=O) groups excluding carboxylic acids is 1. The van der Waals surface area contributed by atoms with E-state index < -0.39 is 0 Å². The molecule has 1 amide bonds. The zero-order valence-corrected chi connectivity index (χ0v) is 13.7. The SMILES string of the molecule is Cc1c(O)nc(CCN(C)C(=O)c2coc(C3CCC3)n2)[nH]c1=O. The summed E-state index contributed by atoms with van der Waals surface area (Å²) in [6.07, 6.45) is 4.99. The van der Waals surface area contributed by atoms with E-state index in [2.05, 4.69) is 15.0 Å². The summed E-state index contributed by atoms with van der Waals surface area (Å²) in [5.74, 6) is 0.763. The van der Waals surface area contributed by atoms with Crippen LogP contribution in [0.4, 0.5) is 0 Å². The van der Waals surface area contributed by atoms with Crippen LogP contribution in [0, 0.1) is 6.92 Å². The highest BCUT2D eigenvalue weighted by Crippen LogP contribution is 2.35. The van der Waals surface area contributed by atoms with Crippen molar-refractivity contribution >= 4 is 5.91 Å². The third-order valence-electron chi connectivity index (χ3n) is 4.40. The molecular formula is C16H20N4O4. The number of rotatable bonds is 5. The minimum absolute atomic E-state index is 0.175. The minimum atomic E-state index is -0.381. The number of nitrogens with zero attached hydrogens (tertiary/aromatic N) is 3. The topological polar surface area (TPSA) is 112 Å². The number of nitrogens with one attached hydrogen (secondary N) is 1. The van der Waals surface area contributed by atoms with Crippen LogP contribution in [0.25, 0.3) is 0 Å². The van der Waals surface area contributed by atoms with E-state index in [0.717, 1.165) is 12.8 Å². The smallest absolute Gasteiger partial charge is 0.275 e. The summed E-state index contributed by atoms with van der Waals surface area (Å²) in [6, 6.07) is 0. The second-order valence-electron chi connectivity index (χ2n) is 6.14. The molecule has 8 nitrogen and oxygen atoms in total. The number of oxazole rings is 1. The molecular weight excluding hydrogens is 312 g/mol. The summed E-state index contributed by atoms with van der Waals surface area (Å²) >= 11 is 0. The predicted molar refractivity (Wildman–Crippen MR) is 85.0 cm³/mol. The molecule has 2 heterocycles. The van der Waals surface area contributed by atoms with Gasteiger partial charge in [-0.05, 0) is 19.8 Å². The molecule has 2 aromatic heterocycles. The van der Waals surface area contributed by atoms with Gasteiger partial charge in [-0.15, -0.1) is 0 Å². The van der Waals surface area contributed by atoms with E-state index in [0.29, 0.717) is 30.6 Å². The fraction of sp³-hybridized carbons (Fsp3) is 0.500. The third kappa shape index (κ3) is 3.17. The van der Waals surface area contributed by atoms with Gasteiger partial charge in [0.05, 0.1) is 5.56 Å². The van der Waals surface area contributed by atoms with Gasteiger partial charge in [-0.3, -0.25) is 9.59 Å². The lowest BCUT2D eigenvalue weighted by atomic mass is 9.85. The van der Waals surface area contributed by atoms with Gasteiger partial charge in [0.25, 0.3) is 11.5 Å². The number of carbonyl (C=O) groups is 1. The van der Waals surface area contributed by atoms with E-state index in [1.54, 1.807) is 7.05 Å². The van der Waals surface area contributed by atoms with Crippen molar-refractivity contribution in [3.05, 3.63) is 39.6 Å². The van der Waals surface area contributed by atoms with Crippen LogP contribution in [-0.2, 0) is 6.42 Å². The highest BCUT2D eigenvalue weighted by Gasteiger charge is 2.26. The quantitative estimate of drug-likeness (QED) is 0.855. The van der Waals surface area contributed by atoms with Gasteiger partial charge in [0.2, 0.25) is 5.88 Å². The van der Waals surface area contributed by atoms with Crippen LogP contribution in [0.5, 0.6) is 5.88 Å². The maximum absolute atomic E-state index is 12.4. The molecule has 1 aliphatic rings. The largest absolute Gasteiger partial charge is 0.493 e. The molecule has 0 radical (unpaired) electrons. The van der Waals surface area contributed by atoms with E-state index in [4.69, 9.17) is 4.42 Å². The van der Waals surface area contributed by atoms with Crippen LogP contribution >= 0.6 is 0 Å². The molecule has 1 fully saturated rings. The molecule has 0 spiro atoms. The Morgan fingerprint density at radius 2 is 2.21 bits per heavy atom. The fourth-order valence-electron chi connectivity index (χ4n) is 2.48. The lowest BCUT2D eigenvalue weighted by Crippen LogP contribution is -2.30. The summed E-state index contributed by atoms with van der Waals surface area (Å²) in [7, 11) is 1.65. The van der Waals surface area contributed by atoms with E-state index in [1.807, 2.05) is 0 Å². The van der Waals surface area contributed by atoms with Gasteiger partial charge in [0.15, 0.2) is 11.6 Å². The minimum Gasteiger partial charge on any atom is -0.493 e. The van der Waals surface area contributed by atoms with E-state index in [1.165, 1.54) is 24.5 Å². The van der Waals surface area contributed by atoms with E-state index >= 15 is 0 Å². The summed E-state index contributed by atoms with van der Waals surface area (Å²) in [5.41, 5.74) is 0.0787. The normalized spacial score (nSPS) is 14.4. The molecule has 24 heavy (non-hydrogen) atoms. The summed E-state index contributed by atoms with van der Waals surface area (Å²) in [5, 5.41) is 9.58. The fourth-order valence-corrected chi connectivity index (χ4v) is 2.48. The van der Waals surface area contributed by atoms with Crippen molar-refractivity contribution in [1.29, 1.82) is 0 Å². The van der Waals surface area contributed by atoms with Crippen molar-refractivity contribution in [1.82, 2.24) is 19.9 Å². The van der Waals surface area contributed by atoms with Gasteiger partial charge in [0.1, 0.15) is 12.1 Å². The first kappa shape index (κ1) is 16.2. The van der Waals surface area contributed by atoms with Crippen LogP contribution in [-0.4, -0.2) is 44.5 Å². The Morgan fingerprint density at radius 1 is 1.46 bits per heavy atom. The molecule has 2 N–H and O–H groups in total. The first-order valence-corrected chi connectivity index (χ1v) is 7.95. The Morgan fingerprint density at radius 3 is 2.83 bits per heavy atom. The van der Waals surface area contributed by atoms with Gasteiger partial charge in [-0.2, -0.15) is 0 Å². The molecule has 0 aliphatic heterocycles. The lowest BCUT2D eigenvalue weighted by molar-refractivity contribution is 0.0790. The highest BCUT2D eigenvalue weighted by molar-refractivity contribution is 5.91. The molecule has 3 rings (SSSR count). The Labute approximate surface area is 138 Å². The van der Waals surface area contributed by atoms with Crippen LogP contribution in [0.1, 0.15) is 52.9 Å². The number of amides is 1. The van der Waals surface area contributed by atoms with Crippen LogP contribution in [0.15, 0.2) is 15.5 Å². The molecule has 2 aromatic rings. The molecule has 0 bridgehead atoms. The van der Waals surface area contributed by atoms with Crippen molar-refractivity contribution in [3.8, 4) is 5.88 Å². The molecule has 0 saturated heterocycles. The Bertz CT molecular complexity index is 807. The second-order valence-corrected chi connectivity index (χ2v) is 6.14. The standard InChI is InChI=1S/C16H20N4O4/c1-9-13(21)18-12(19-14(9)22)6-7-20(2)16(23)11-8-24-15(17-11)10-4-3-5-10/h8,10H,3-7H2,1-2H3,(H2,18,19,21,22). The van der Waals surface area contributed by atoms with Crippen LogP contribution in [0.3, 0.4) is 0 Å². The molecule has 0 aromatic carbocycles. The number of aromatic nitrogens is 3. The molecule has 1 aliphatic carbocycles. The zero-order chi connectivity index (χ0) is 17.3. The molecule has 8 heteroatoms. The maximum Gasteiger partial charge on any atom is 0.275 e. The lowest BCUT2D eigenvalue weighted by Gasteiger charge is -2.21. The highest BCUT2D eigenvalue weighted by atomic mass is 16.3. The van der Waals surface area contributed by atoms with Crippen molar-refractivity contribution in [2.24, 2.45) is 0 Å². The van der Waals surface area contributed by atoms with Crippen molar-refractivity contribution in [2.45, 2.75) is 38.5 Å². The predicted octanol–water partition coefficient (Wildman–Crippen LogP) is 1.35. The van der Waals surface area contributed by atoms with Crippen molar-refractivity contribution in [2.75, 3.05) is 13.6 Å². The number of aromatic amines is 1. The number of H-pyrrole nitrogens is 1. The van der Waals surface area contributed by atoms with Gasteiger partial charge < -0.3 is 19.4 Å². The Hall–Kier alpha value is -2.64. The van der Waals surface area contributed by atoms with Crippen LogP contribution < -0.4 is 5.56 Å².